The zero-order valence-corrected chi connectivity index (χ0v) is 12.6. The third-order valence-electron chi connectivity index (χ3n) is 3.67. The van der Waals surface area contributed by atoms with Crippen molar-refractivity contribution in [3.8, 4) is 0 Å². The maximum absolute atomic E-state index is 12.4. The summed E-state index contributed by atoms with van der Waals surface area (Å²) in [5, 5.41) is 0. The summed E-state index contributed by atoms with van der Waals surface area (Å²) in [5.74, 6) is -0.929. The van der Waals surface area contributed by atoms with Crippen LogP contribution < -0.4 is 0 Å². The molecule has 120 valence electrons. The van der Waals surface area contributed by atoms with E-state index in [2.05, 4.69) is 17.1 Å². The van der Waals surface area contributed by atoms with E-state index < -0.39 is 11.9 Å². The maximum Gasteiger partial charge on any atom is 0.451 e. The lowest BCUT2D eigenvalue weighted by Gasteiger charge is -2.07. The Labute approximate surface area is 128 Å². The number of hydrogen-bond donors (Lipinski definition) is 0. The van der Waals surface area contributed by atoms with Gasteiger partial charge in [-0.2, -0.15) is 13.2 Å². The molecule has 0 bridgehead atoms. The van der Waals surface area contributed by atoms with E-state index in [0.29, 0.717) is 0 Å². The number of hydrogen-bond acceptors (Lipinski definition) is 2. The summed E-state index contributed by atoms with van der Waals surface area (Å²) < 4.78 is 42.1. The quantitative estimate of drug-likeness (QED) is 0.622. The second-order valence-corrected chi connectivity index (χ2v) is 5.55. The van der Waals surface area contributed by atoms with E-state index in [1.807, 2.05) is 25.1 Å². The average Bonchev–Trinajstić information content (AvgIpc) is 2.98. The summed E-state index contributed by atoms with van der Waals surface area (Å²) in [6.45, 7) is 1.85. The minimum absolute atomic E-state index is 0.0900. The molecule has 0 aliphatic heterocycles. The minimum atomic E-state index is -4.46. The van der Waals surface area contributed by atoms with Crippen molar-refractivity contribution in [1.82, 2.24) is 4.98 Å². The Bertz CT molecular complexity index is 563. The Morgan fingerprint density at radius 3 is 2.45 bits per heavy atom. The predicted octanol–water partition coefficient (Wildman–Crippen LogP) is 5.60. The summed E-state index contributed by atoms with van der Waals surface area (Å²) in [4.78, 5) is 3.74. The van der Waals surface area contributed by atoms with Gasteiger partial charge in [-0.15, -0.1) is 0 Å². The van der Waals surface area contributed by atoms with Gasteiger partial charge in [0, 0.05) is 5.92 Å². The van der Waals surface area contributed by atoms with Gasteiger partial charge in [-0.05, 0) is 24.8 Å². The highest BCUT2D eigenvalue weighted by Crippen LogP contribution is 2.32. The second kappa shape index (κ2) is 7.47. The molecule has 0 aliphatic rings. The Kier molecular flexibility index (Phi) is 5.63. The van der Waals surface area contributed by atoms with Crippen LogP contribution >= 0.6 is 0 Å². The minimum Gasteiger partial charge on any atom is -0.436 e. The number of benzene rings is 1. The van der Waals surface area contributed by atoms with Crippen LogP contribution in [0.3, 0.4) is 0 Å². The van der Waals surface area contributed by atoms with E-state index in [1.54, 1.807) is 0 Å². The van der Waals surface area contributed by atoms with Gasteiger partial charge >= 0.3 is 6.18 Å². The summed E-state index contributed by atoms with van der Waals surface area (Å²) in [7, 11) is 0. The van der Waals surface area contributed by atoms with Crippen LogP contribution in [-0.4, -0.2) is 4.98 Å². The van der Waals surface area contributed by atoms with Gasteiger partial charge in [0.2, 0.25) is 5.76 Å². The van der Waals surface area contributed by atoms with E-state index in [9.17, 15) is 13.2 Å². The molecule has 1 aromatic heterocycles. The van der Waals surface area contributed by atoms with E-state index in [-0.39, 0.29) is 11.8 Å². The number of halogens is 3. The first-order valence-corrected chi connectivity index (χ1v) is 7.53. The molecule has 0 N–H and O–H groups in total. The summed E-state index contributed by atoms with van der Waals surface area (Å²) in [6.07, 6.45) is 1.21. The van der Waals surface area contributed by atoms with E-state index in [0.717, 1.165) is 38.3 Å². The molecule has 2 aromatic rings. The Morgan fingerprint density at radius 2 is 1.82 bits per heavy atom. The second-order valence-electron chi connectivity index (χ2n) is 5.55. The van der Waals surface area contributed by atoms with Gasteiger partial charge in [0.15, 0.2) is 5.89 Å². The van der Waals surface area contributed by atoms with Crippen molar-refractivity contribution in [1.29, 1.82) is 0 Å². The Morgan fingerprint density at radius 1 is 1.09 bits per heavy atom. The van der Waals surface area contributed by atoms with Crippen LogP contribution in [0.15, 0.2) is 40.9 Å². The molecule has 2 nitrogen and oxygen atoms in total. The van der Waals surface area contributed by atoms with Gasteiger partial charge in [0.1, 0.15) is 0 Å². The molecule has 1 heterocycles. The van der Waals surface area contributed by atoms with Crippen molar-refractivity contribution in [3.63, 3.8) is 0 Å². The number of aryl methyl sites for hydroxylation is 1. The zero-order valence-electron chi connectivity index (χ0n) is 12.6. The smallest absolute Gasteiger partial charge is 0.436 e. The monoisotopic (exact) mass is 311 g/mol. The van der Waals surface area contributed by atoms with Crippen LogP contribution in [-0.2, 0) is 12.6 Å². The molecule has 0 spiro atoms. The van der Waals surface area contributed by atoms with Crippen LogP contribution in [0.4, 0.5) is 13.2 Å². The molecule has 22 heavy (non-hydrogen) atoms. The van der Waals surface area contributed by atoms with Crippen LogP contribution in [0.25, 0.3) is 0 Å². The molecule has 0 amide bonds. The van der Waals surface area contributed by atoms with E-state index in [4.69, 9.17) is 4.42 Å². The van der Waals surface area contributed by atoms with Gasteiger partial charge in [-0.1, -0.05) is 50.1 Å². The zero-order chi connectivity index (χ0) is 16.0. The van der Waals surface area contributed by atoms with Crippen molar-refractivity contribution in [2.75, 3.05) is 0 Å². The lowest BCUT2D eigenvalue weighted by Crippen LogP contribution is -2.02. The molecule has 5 heteroatoms. The topological polar surface area (TPSA) is 26.0 Å². The predicted molar refractivity (Wildman–Crippen MR) is 78.5 cm³/mol. The molecule has 0 aliphatic carbocycles. The fraction of sp³-hybridized carbons (Fsp3) is 0.471. The first-order chi connectivity index (χ1) is 10.5. The van der Waals surface area contributed by atoms with Crippen LogP contribution in [0.1, 0.15) is 55.7 Å². The average molecular weight is 311 g/mol. The van der Waals surface area contributed by atoms with Crippen LogP contribution in [0.2, 0.25) is 0 Å². The molecule has 1 atom stereocenters. The van der Waals surface area contributed by atoms with Crippen molar-refractivity contribution < 1.29 is 17.6 Å². The molecule has 0 saturated carbocycles. The SMILES string of the molecule is CC(CCCCCc1ccccc1)c1ncc(C(F)(F)F)o1. The van der Waals surface area contributed by atoms with Crippen LogP contribution in [0, 0.1) is 0 Å². The van der Waals surface area contributed by atoms with E-state index >= 15 is 0 Å². The highest BCUT2D eigenvalue weighted by Gasteiger charge is 2.36. The highest BCUT2D eigenvalue weighted by atomic mass is 19.4. The molecule has 0 fully saturated rings. The fourth-order valence-corrected chi connectivity index (χ4v) is 2.37. The molecule has 0 radical (unpaired) electrons. The number of aromatic nitrogens is 1. The van der Waals surface area contributed by atoms with Gasteiger partial charge in [-0.25, -0.2) is 4.98 Å². The third-order valence-corrected chi connectivity index (χ3v) is 3.67. The largest absolute Gasteiger partial charge is 0.451 e. The summed E-state index contributed by atoms with van der Waals surface area (Å²) >= 11 is 0. The molecule has 2 rings (SSSR count). The van der Waals surface area contributed by atoms with Crippen molar-refractivity contribution in [3.05, 3.63) is 53.7 Å². The molecular weight excluding hydrogens is 291 g/mol. The van der Waals surface area contributed by atoms with E-state index in [1.165, 1.54) is 5.56 Å². The standard InChI is InChI=1S/C17H20F3NO/c1-13(16-21-12-15(22-16)17(18,19)20)8-4-2-5-9-14-10-6-3-7-11-14/h3,6-7,10-13H,2,4-5,8-9H2,1H3. The molecule has 1 aromatic carbocycles. The highest BCUT2D eigenvalue weighted by molar-refractivity contribution is 5.14. The number of oxazole rings is 1. The first kappa shape index (κ1) is 16.6. The van der Waals surface area contributed by atoms with Crippen molar-refractivity contribution >= 4 is 0 Å². The number of alkyl halides is 3. The van der Waals surface area contributed by atoms with Crippen molar-refractivity contribution in [2.24, 2.45) is 0 Å². The lowest BCUT2D eigenvalue weighted by atomic mass is 10.0. The number of unbranched alkanes of at least 4 members (excludes halogenated alkanes) is 2. The van der Waals surface area contributed by atoms with Gasteiger partial charge in [-0.3, -0.25) is 0 Å². The lowest BCUT2D eigenvalue weighted by molar-refractivity contribution is -0.153. The number of nitrogens with zero attached hydrogens (tertiary/aromatic N) is 1. The Hall–Kier alpha value is -1.78. The third kappa shape index (κ3) is 4.90. The summed E-state index contributed by atoms with van der Waals surface area (Å²) in [6, 6.07) is 10.3. The maximum atomic E-state index is 12.4. The van der Waals surface area contributed by atoms with Crippen LogP contribution in [0.5, 0.6) is 0 Å². The normalized spacial score (nSPS) is 13.3. The van der Waals surface area contributed by atoms with Gasteiger partial charge < -0.3 is 4.42 Å². The first-order valence-electron chi connectivity index (χ1n) is 7.53. The van der Waals surface area contributed by atoms with Crippen molar-refractivity contribution in [2.45, 2.75) is 51.1 Å². The fourth-order valence-electron chi connectivity index (χ4n) is 2.37. The number of rotatable bonds is 7. The van der Waals surface area contributed by atoms with Gasteiger partial charge in [0.05, 0.1) is 6.20 Å². The van der Waals surface area contributed by atoms with Gasteiger partial charge in [0.25, 0.3) is 0 Å². The molecule has 1 unspecified atom stereocenters. The summed E-state index contributed by atoms with van der Waals surface area (Å²) in [5.41, 5.74) is 1.32. The Balaban J connectivity index is 1.69. The molecule has 0 saturated heterocycles. The molecular formula is C17H20F3NO.